The molecule has 0 radical (unpaired) electrons. The number of hydrogen-bond acceptors (Lipinski definition) is 3. The first-order valence-corrected chi connectivity index (χ1v) is 6.42. The molecule has 0 bridgehead atoms. The van der Waals surface area contributed by atoms with Crippen molar-refractivity contribution in [1.82, 2.24) is 5.32 Å². The highest BCUT2D eigenvalue weighted by atomic mass is 15.0. The van der Waals surface area contributed by atoms with E-state index in [1.54, 1.807) is 0 Å². The summed E-state index contributed by atoms with van der Waals surface area (Å²) in [5, 5.41) is 3.28. The van der Waals surface area contributed by atoms with E-state index < -0.39 is 0 Å². The van der Waals surface area contributed by atoms with Crippen LogP contribution < -0.4 is 16.8 Å². The van der Waals surface area contributed by atoms with Gasteiger partial charge in [0.15, 0.2) is 0 Å². The van der Waals surface area contributed by atoms with E-state index in [-0.39, 0.29) is 5.54 Å². The van der Waals surface area contributed by atoms with E-state index in [0.29, 0.717) is 5.92 Å². The Morgan fingerprint density at radius 2 is 1.89 bits per heavy atom. The number of allylic oxidation sites excluding steroid dienone is 2. The summed E-state index contributed by atoms with van der Waals surface area (Å²) in [7, 11) is 0. The molecule has 3 heteroatoms. The Bertz CT molecular complexity index is 497. The lowest BCUT2D eigenvalue weighted by Gasteiger charge is -2.42. The number of anilines is 1. The number of hydrogen-bond donors (Lipinski definition) is 3. The Morgan fingerprint density at radius 3 is 2.39 bits per heavy atom. The Labute approximate surface area is 108 Å². The molecule has 1 atom stereocenters. The first-order valence-electron chi connectivity index (χ1n) is 6.42. The Hall–Kier alpha value is -1.58. The van der Waals surface area contributed by atoms with Gasteiger partial charge in [0.1, 0.15) is 0 Å². The van der Waals surface area contributed by atoms with Crippen LogP contribution in [0.5, 0.6) is 0 Å². The highest BCUT2D eigenvalue weighted by molar-refractivity contribution is 5.76. The van der Waals surface area contributed by atoms with Gasteiger partial charge >= 0.3 is 0 Å². The van der Waals surface area contributed by atoms with Crippen LogP contribution in [-0.2, 0) is 0 Å². The van der Waals surface area contributed by atoms with Gasteiger partial charge in [0.05, 0.1) is 0 Å². The van der Waals surface area contributed by atoms with Crippen LogP contribution in [0.4, 0.5) is 5.69 Å². The van der Waals surface area contributed by atoms with Crippen molar-refractivity contribution in [3.63, 3.8) is 0 Å². The normalized spacial score (nSPS) is 27.7. The van der Waals surface area contributed by atoms with Crippen LogP contribution in [0.2, 0.25) is 0 Å². The second-order valence-electron chi connectivity index (χ2n) is 5.29. The summed E-state index contributed by atoms with van der Waals surface area (Å²) in [6, 6.07) is 7.98. The topological polar surface area (TPSA) is 64.1 Å². The average molecular weight is 241 g/mol. The van der Waals surface area contributed by atoms with Crippen molar-refractivity contribution in [2.24, 2.45) is 11.7 Å². The molecule has 1 fully saturated rings. The largest absolute Gasteiger partial charge is 0.399 e. The summed E-state index contributed by atoms with van der Waals surface area (Å²) >= 11 is 0. The van der Waals surface area contributed by atoms with Crippen molar-refractivity contribution >= 4 is 11.3 Å². The zero-order valence-electron chi connectivity index (χ0n) is 10.4. The predicted molar refractivity (Wildman–Crippen MR) is 75.9 cm³/mol. The molecule has 0 amide bonds. The lowest BCUT2D eigenvalue weighted by Crippen LogP contribution is -2.59. The highest BCUT2D eigenvalue weighted by Gasteiger charge is 2.36. The molecule has 1 saturated heterocycles. The zero-order chi connectivity index (χ0) is 12.6. The summed E-state index contributed by atoms with van der Waals surface area (Å²) in [6.07, 6.45) is 7.47. The molecule has 3 rings (SSSR count). The molecule has 1 heterocycles. The number of nitrogen functional groups attached to an aromatic ring is 1. The molecule has 1 aromatic rings. The van der Waals surface area contributed by atoms with Gasteiger partial charge in [0, 0.05) is 30.2 Å². The quantitative estimate of drug-likeness (QED) is 0.688. The molecule has 5 N–H and O–H groups in total. The first-order chi connectivity index (χ1) is 8.67. The fourth-order valence-corrected chi connectivity index (χ4v) is 2.53. The molecule has 0 saturated carbocycles. The van der Waals surface area contributed by atoms with Crippen molar-refractivity contribution in [1.29, 1.82) is 0 Å². The van der Waals surface area contributed by atoms with Crippen molar-refractivity contribution in [2.45, 2.75) is 12.0 Å². The smallest absolute Gasteiger partial charge is 0.0430 e. The van der Waals surface area contributed by atoms with Crippen LogP contribution in [0, 0.1) is 5.92 Å². The molecular formula is C15H19N3. The fourth-order valence-electron chi connectivity index (χ4n) is 2.53. The van der Waals surface area contributed by atoms with Gasteiger partial charge in [-0.25, -0.2) is 0 Å². The third-order valence-corrected chi connectivity index (χ3v) is 4.03. The molecule has 0 aromatic heterocycles. The highest BCUT2D eigenvalue weighted by Crippen LogP contribution is 2.32. The molecule has 1 aromatic carbocycles. The Morgan fingerprint density at radius 1 is 1.17 bits per heavy atom. The maximum Gasteiger partial charge on any atom is 0.0430 e. The lowest BCUT2D eigenvalue weighted by molar-refractivity contribution is 0.234. The number of benzene rings is 1. The van der Waals surface area contributed by atoms with Gasteiger partial charge in [-0.15, -0.1) is 0 Å². The summed E-state index contributed by atoms with van der Waals surface area (Å²) in [6.45, 7) is 2.07. The van der Waals surface area contributed by atoms with E-state index in [2.05, 4.69) is 35.7 Å². The summed E-state index contributed by atoms with van der Waals surface area (Å²) < 4.78 is 0. The van der Waals surface area contributed by atoms with Crippen molar-refractivity contribution in [3.05, 3.63) is 48.1 Å². The van der Waals surface area contributed by atoms with Crippen LogP contribution in [0.1, 0.15) is 12.0 Å². The van der Waals surface area contributed by atoms with Gasteiger partial charge in [0.2, 0.25) is 0 Å². The number of nitrogens with two attached hydrogens (primary N) is 2. The van der Waals surface area contributed by atoms with Crippen LogP contribution in [0.25, 0.3) is 5.57 Å². The third kappa shape index (κ3) is 1.96. The van der Waals surface area contributed by atoms with Crippen LogP contribution in [0.3, 0.4) is 0 Å². The van der Waals surface area contributed by atoms with Gasteiger partial charge in [-0.3, -0.25) is 0 Å². The molecule has 1 aliphatic heterocycles. The minimum Gasteiger partial charge on any atom is -0.399 e. The lowest BCUT2D eigenvalue weighted by atomic mass is 9.75. The Balaban J connectivity index is 1.78. The van der Waals surface area contributed by atoms with E-state index >= 15 is 0 Å². The molecule has 94 valence electrons. The molecule has 1 unspecified atom stereocenters. The average Bonchev–Trinajstić information content (AvgIpc) is 2.29. The van der Waals surface area contributed by atoms with Crippen LogP contribution >= 0.6 is 0 Å². The minimum atomic E-state index is -0.164. The second-order valence-corrected chi connectivity index (χ2v) is 5.29. The molecular weight excluding hydrogens is 222 g/mol. The van der Waals surface area contributed by atoms with Gasteiger partial charge in [-0.2, -0.15) is 0 Å². The standard InChI is InChI=1S/C15H19N3/c16-14-3-1-11(2-4-14)12-5-7-15(17,8-6-12)13-9-18-10-13/h1-7,13,18H,8-10,16-17H2. The molecule has 1 aliphatic carbocycles. The summed E-state index contributed by atoms with van der Waals surface area (Å²) in [5.41, 5.74) is 15.2. The van der Waals surface area contributed by atoms with Crippen LogP contribution in [0.15, 0.2) is 42.5 Å². The van der Waals surface area contributed by atoms with E-state index in [4.69, 9.17) is 11.5 Å². The SMILES string of the molecule is Nc1ccc(C2=CCC(N)(C3CNC3)C=C2)cc1. The third-order valence-electron chi connectivity index (χ3n) is 4.03. The summed E-state index contributed by atoms with van der Waals surface area (Å²) in [5.74, 6) is 0.568. The van der Waals surface area contributed by atoms with E-state index in [1.165, 1.54) is 11.1 Å². The van der Waals surface area contributed by atoms with Crippen LogP contribution in [-0.4, -0.2) is 18.6 Å². The minimum absolute atomic E-state index is 0.164. The molecule has 3 nitrogen and oxygen atoms in total. The van der Waals surface area contributed by atoms with Crippen molar-refractivity contribution in [2.75, 3.05) is 18.8 Å². The number of rotatable bonds is 2. The fraction of sp³-hybridized carbons (Fsp3) is 0.333. The number of nitrogens with one attached hydrogen (secondary N) is 1. The van der Waals surface area contributed by atoms with Gasteiger partial charge in [-0.05, 0) is 29.7 Å². The maximum atomic E-state index is 6.44. The molecule has 0 spiro atoms. The maximum absolute atomic E-state index is 6.44. The molecule has 2 aliphatic rings. The predicted octanol–water partition coefficient (Wildman–Crippen LogP) is 1.53. The van der Waals surface area contributed by atoms with E-state index in [1.807, 2.05) is 12.1 Å². The van der Waals surface area contributed by atoms with Crippen molar-refractivity contribution < 1.29 is 0 Å². The van der Waals surface area contributed by atoms with Gasteiger partial charge in [-0.1, -0.05) is 30.4 Å². The van der Waals surface area contributed by atoms with Crippen molar-refractivity contribution in [3.8, 4) is 0 Å². The molecule has 18 heavy (non-hydrogen) atoms. The monoisotopic (exact) mass is 241 g/mol. The summed E-state index contributed by atoms with van der Waals surface area (Å²) in [4.78, 5) is 0. The Kier molecular flexibility index (Phi) is 2.73. The first kappa shape index (κ1) is 11.5. The van der Waals surface area contributed by atoms with E-state index in [0.717, 1.165) is 25.2 Å². The second kappa shape index (κ2) is 4.26. The van der Waals surface area contributed by atoms with Gasteiger partial charge < -0.3 is 16.8 Å². The van der Waals surface area contributed by atoms with Gasteiger partial charge in [0.25, 0.3) is 0 Å². The zero-order valence-corrected chi connectivity index (χ0v) is 10.4. The van der Waals surface area contributed by atoms with E-state index in [9.17, 15) is 0 Å².